The van der Waals surface area contributed by atoms with Crippen LogP contribution in [-0.2, 0) is 16.6 Å². The molecule has 1 aliphatic heterocycles. The summed E-state index contributed by atoms with van der Waals surface area (Å²) in [4.78, 5) is 11.5. The molecule has 0 saturated carbocycles. The number of ether oxygens (including phenoxy) is 1. The van der Waals surface area contributed by atoms with Gasteiger partial charge in [0.05, 0.1) is 6.61 Å². The summed E-state index contributed by atoms with van der Waals surface area (Å²) in [6.07, 6.45) is 0. The maximum atomic E-state index is 15.0. The molecule has 2 aromatic carbocycles. The SMILES string of the molecule is Cc1ccc(F)c([C@@H](C)[C@@H](c2n[nH]c(=O)o2)N2CCOc3cc(Cl)cc(CO)c3S2(=O)=O)c1C. The van der Waals surface area contributed by atoms with Gasteiger partial charge in [0, 0.05) is 29.1 Å². The standard InChI is InChI=1S/C22H23ClFN3O6S/c1-11-4-5-16(24)18(12(11)2)13(3)19(21-25-26-22(29)33-21)27-6-7-32-17-9-15(23)8-14(10-28)20(17)34(27,30)31/h4-5,8-9,13,19,28H,6-7,10H2,1-3H3,(H,26,29)/t13-,19+/m1/s1. The fourth-order valence-corrected chi connectivity index (χ4v) is 6.57. The number of hydrogen-bond acceptors (Lipinski definition) is 7. The number of aliphatic hydroxyl groups is 1. The second kappa shape index (κ2) is 9.14. The second-order valence-corrected chi connectivity index (χ2v) is 10.4. The van der Waals surface area contributed by atoms with Crippen molar-refractivity contribution in [2.45, 2.75) is 44.2 Å². The van der Waals surface area contributed by atoms with Gasteiger partial charge in [0.15, 0.2) is 0 Å². The number of aromatic amines is 1. The normalized spacial score (nSPS) is 17.5. The Morgan fingerprint density at radius 1 is 1.32 bits per heavy atom. The number of aliphatic hydroxyl groups excluding tert-OH is 1. The molecule has 3 aromatic rings. The fourth-order valence-electron chi connectivity index (χ4n) is 4.39. The summed E-state index contributed by atoms with van der Waals surface area (Å²) in [6, 6.07) is 4.44. The smallest absolute Gasteiger partial charge is 0.434 e. The van der Waals surface area contributed by atoms with E-state index in [2.05, 4.69) is 10.2 Å². The van der Waals surface area contributed by atoms with Gasteiger partial charge in [-0.15, -0.1) is 5.10 Å². The number of halogens is 2. The second-order valence-electron chi connectivity index (χ2n) is 8.10. The average molecular weight is 512 g/mol. The molecular formula is C22H23ClFN3O6S. The van der Waals surface area contributed by atoms with Crippen LogP contribution in [0.5, 0.6) is 5.75 Å². The van der Waals surface area contributed by atoms with Crippen LogP contribution in [0.2, 0.25) is 5.02 Å². The van der Waals surface area contributed by atoms with E-state index < -0.39 is 40.2 Å². The van der Waals surface area contributed by atoms with E-state index in [1.54, 1.807) is 19.9 Å². The Balaban J connectivity index is 1.95. The minimum Gasteiger partial charge on any atom is -0.491 e. The van der Waals surface area contributed by atoms with Gasteiger partial charge in [-0.25, -0.2) is 22.7 Å². The van der Waals surface area contributed by atoms with Gasteiger partial charge < -0.3 is 14.3 Å². The summed E-state index contributed by atoms with van der Waals surface area (Å²) in [5.41, 5.74) is 1.77. The molecule has 2 heterocycles. The summed E-state index contributed by atoms with van der Waals surface area (Å²) in [7, 11) is -4.35. The number of fused-ring (bicyclic) bond motifs is 1. The molecule has 0 aliphatic carbocycles. The van der Waals surface area contributed by atoms with Crippen LogP contribution in [-0.4, -0.2) is 41.2 Å². The first-order chi connectivity index (χ1) is 16.1. The summed E-state index contributed by atoms with van der Waals surface area (Å²) >= 11 is 6.08. The van der Waals surface area contributed by atoms with Crippen LogP contribution in [0.15, 0.2) is 38.4 Å². The Hall–Kier alpha value is -2.73. The molecule has 0 bridgehead atoms. The molecule has 1 aliphatic rings. The van der Waals surface area contributed by atoms with E-state index in [1.165, 1.54) is 18.2 Å². The highest BCUT2D eigenvalue weighted by atomic mass is 35.5. The molecule has 12 heteroatoms. The molecule has 0 fully saturated rings. The number of benzene rings is 2. The Bertz CT molecular complexity index is 1400. The lowest BCUT2D eigenvalue weighted by Crippen LogP contribution is -2.39. The minimum absolute atomic E-state index is 0.00755. The van der Waals surface area contributed by atoms with Crippen LogP contribution < -0.4 is 10.5 Å². The maximum Gasteiger partial charge on any atom is 0.434 e. The van der Waals surface area contributed by atoms with Crippen molar-refractivity contribution < 1.29 is 27.1 Å². The van der Waals surface area contributed by atoms with Crippen LogP contribution in [0.3, 0.4) is 0 Å². The first-order valence-corrected chi connectivity index (χ1v) is 12.3. The molecule has 2 atom stereocenters. The number of H-pyrrole nitrogens is 1. The zero-order valence-electron chi connectivity index (χ0n) is 18.6. The number of rotatable bonds is 5. The predicted octanol–water partition coefficient (Wildman–Crippen LogP) is 3.19. The molecule has 0 radical (unpaired) electrons. The lowest BCUT2D eigenvalue weighted by Gasteiger charge is -2.32. The van der Waals surface area contributed by atoms with Crippen molar-refractivity contribution >= 4 is 21.6 Å². The summed E-state index contributed by atoms with van der Waals surface area (Å²) in [6.45, 7) is 4.37. The predicted molar refractivity (Wildman–Crippen MR) is 121 cm³/mol. The number of sulfonamides is 1. The van der Waals surface area contributed by atoms with Crippen molar-refractivity contribution in [3.8, 4) is 5.75 Å². The van der Waals surface area contributed by atoms with E-state index in [1.807, 2.05) is 6.92 Å². The molecule has 1 aromatic heterocycles. The highest BCUT2D eigenvalue weighted by Crippen LogP contribution is 2.44. The Morgan fingerprint density at radius 2 is 2.06 bits per heavy atom. The molecular weight excluding hydrogens is 489 g/mol. The summed E-state index contributed by atoms with van der Waals surface area (Å²) < 4.78 is 54.9. The zero-order valence-corrected chi connectivity index (χ0v) is 20.2. The van der Waals surface area contributed by atoms with Gasteiger partial charge in [0.25, 0.3) is 0 Å². The number of hydrogen-bond donors (Lipinski definition) is 2. The van der Waals surface area contributed by atoms with Crippen molar-refractivity contribution in [1.29, 1.82) is 0 Å². The van der Waals surface area contributed by atoms with E-state index >= 15 is 4.39 Å². The molecule has 0 unspecified atom stereocenters. The van der Waals surface area contributed by atoms with E-state index in [0.717, 1.165) is 9.87 Å². The molecule has 0 amide bonds. The van der Waals surface area contributed by atoms with Crippen molar-refractivity contribution in [3.63, 3.8) is 0 Å². The maximum absolute atomic E-state index is 15.0. The van der Waals surface area contributed by atoms with Crippen LogP contribution in [0.25, 0.3) is 0 Å². The third-order valence-corrected chi connectivity index (χ3v) is 8.31. The summed E-state index contributed by atoms with van der Waals surface area (Å²) in [5, 5.41) is 16.1. The van der Waals surface area contributed by atoms with Crippen LogP contribution >= 0.6 is 11.6 Å². The van der Waals surface area contributed by atoms with Crippen molar-refractivity contribution in [1.82, 2.24) is 14.5 Å². The highest BCUT2D eigenvalue weighted by Gasteiger charge is 2.44. The Kier molecular flexibility index (Phi) is 6.56. The molecule has 9 nitrogen and oxygen atoms in total. The highest BCUT2D eigenvalue weighted by molar-refractivity contribution is 7.89. The number of aryl methyl sites for hydroxylation is 1. The lowest BCUT2D eigenvalue weighted by molar-refractivity contribution is 0.209. The number of nitrogens with one attached hydrogen (secondary N) is 1. The van der Waals surface area contributed by atoms with Gasteiger partial charge in [-0.3, -0.25) is 0 Å². The van der Waals surface area contributed by atoms with Gasteiger partial charge in [0.2, 0.25) is 15.9 Å². The topological polar surface area (TPSA) is 126 Å². The third-order valence-electron chi connectivity index (χ3n) is 6.08. The monoisotopic (exact) mass is 511 g/mol. The van der Waals surface area contributed by atoms with Gasteiger partial charge >= 0.3 is 5.76 Å². The minimum atomic E-state index is -4.35. The summed E-state index contributed by atoms with van der Waals surface area (Å²) in [5.74, 6) is -2.44. The largest absolute Gasteiger partial charge is 0.491 e. The van der Waals surface area contributed by atoms with Crippen molar-refractivity contribution in [2.24, 2.45) is 0 Å². The van der Waals surface area contributed by atoms with E-state index in [4.69, 9.17) is 20.8 Å². The molecule has 34 heavy (non-hydrogen) atoms. The van der Waals surface area contributed by atoms with Gasteiger partial charge in [-0.2, -0.15) is 4.31 Å². The quantitative estimate of drug-likeness (QED) is 0.538. The van der Waals surface area contributed by atoms with E-state index in [0.29, 0.717) is 5.56 Å². The van der Waals surface area contributed by atoms with Crippen LogP contribution in [0, 0.1) is 19.7 Å². The first-order valence-electron chi connectivity index (χ1n) is 10.4. The van der Waals surface area contributed by atoms with Crippen molar-refractivity contribution in [2.75, 3.05) is 13.2 Å². The first kappa shape index (κ1) is 24.4. The van der Waals surface area contributed by atoms with Crippen LogP contribution in [0.1, 0.15) is 47.0 Å². The molecule has 0 saturated heterocycles. The van der Waals surface area contributed by atoms with Gasteiger partial charge in [-0.05, 0) is 42.7 Å². The average Bonchev–Trinajstić information content (AvgIpc) is 3.15. The van der Waals surface area contributed by atoms with Gasteiger partial charge in [0.1, 0.15) is 29.1 Å². The van der Waals surface area contributed by atoms with Crippen LogP contribution in [0.4, 0.5) is 4.39 Å². The van der Waals surface area contributed by atoms with E-state index in [-0.39, 0.29) is 45.8 Å². The molecule has 4 rings (SSSR count). The fraction of sp³-hybridized carbons (Fsp3) is 0.364. The number of nitrogens with zero attached hydrogens (tertiary/aromatic N) is 2. The Labute approximate surface area is 200 Å². The van der Waals surface area contributed by atoms with E-state index in [9.17, 15) is 18.3 Å². The Morgan fingerprint density at radius 3 is 2.71 bits per heavy atom. The zero-order chi connectivity index (χ0) is 24.8. The third kappa shape index (κ3) is 4.13. The lowest BCUT2D eigenvalue weighted by atomic mass is 9.87. The van der Waals surface area contributed by atoms with Gasteiger partial charge in [-0.1, -0.05) is 24.6 Å². The molecule has 2 N–H and O–H groups in total. The molecule has 0 spiro atoms. The number of aromatic nitrogens is 2. The van der Waals surface area contributed by atoms with Crippen molar-refractivity contribution in [3.05, 3.63) is 73.8 Å². The molecule has 182 valence electrons.